The van der Waals surface area contributed by atoms with Gasteiger partial charge >= 0.3 is 0 Å². The minimum absolute atomic E-state index is 0.00697. The van der Waals surface area contributed by atoms with Gasteiger partial charge in [-0.25, -0.2) is 0 Å². The lowest BCUT2D eigenvalue weighted by Gasteiger charge is -2.34. The standard InChI is InChI=1S/C69H67N3OSi/c1-66(2,3)44-21-27-47(28-22-44)71(48-33-36-52(37-34-48)74(10,11)12)51-35-38-55-59(41-51)69(57-19-15-13-17-53(57)54-18-14-16-20-58(54)69)60-42-61(64-56-43-70-40-39-62(56)73-65(64)63(55)60)72(49-29-23-45(24-30-49)67(4,5)6)50-31-25-46(26-32-50)68(7,8)9/h13-19,21-43,54H,1-12H3. The number of fused-ring (bicyclic) bond motifs is 14. The second kappa shape index (κ2) is 16.8. The van der Waals surface area contributed by atoms with Gasteiger partial charge in [-0.1, -0.05) is 178 Å². The van der Waals surface area contributed by atoms with Crippen LogP contribution in [0.5, 0.6) is 0 Å². The molecule has 3 aliphatic carbocycles. The summed E-state index contributed by atoms with van der Waals surface area (Å²) >= 11 is 0. The second-order valence-electron chi connectivity index (χ2n) is 25.0. The molecule has 368 valence electrons. The predicted molar refractivity (Wildman–Crippen MR) is 315 cm³/mol. The van der Waals surface area contributed by atoms with Crippen LogP contribution in [0.1, 0.15) is 107 Å². The Labute approximate surface area is 439 Å². The summed E-state index contributed by atoms with van der Waals surface area (Å²) in [6.07, 6.45) is 10.5. The molecular weight excluding hydrogens is 915 g/mol. The topological polar surface area (TPSA) is 32.5 Å². The normalized spacial score (nSPS) is 16.9. The van der Waals surface area contributed by atoms with Gasteiger partial charge in [-0.2, -0.15) is 0 Å². The maximum Gasteiger partial charge on any atom is 0.145 e. The SMILES string of the molecule is CC(C)(C)c1ccc(N(c2ccc([Si](C)(C)C)cc2)c2ccc3c(c2)C2(C4=C=CC=CC4c4ccccc42)c2cc(N(c4ccc(C(C)(C)C)cc4)c4ccc(C(C)(C)C)cc4)c4c(oc5ccncc54)c2-3)cc1. The van der Waals surface area contributed by atoms with Crippen LogP contribution in [0.15, 0.2) is 198 Å². The summed E-state index contributed by atoms with van der Waals surface area (Å²) in [6.45, 7) is 27.8. The summed E-state index contributed by atoms with van der Waals surface area (Å²) < 4.78 is 7.34. The molecule has 4 nitrogen and oxygen atoms in total. The largest absolute Gasteiger partial charge is 0.455 e. The van der Waals surface area contributed by atoms with Crippen molar-refractivity contribution in [2.24, 2.45) is 0 Å². The highest BCUT2D eigenvalue weighted by molar-refractivity contribution is 6.88. The van der Waals surface area contributed by atoms with Crippen LogP contribution in [0.25, 0.3) is 33.1 Å². The fourth-order valence-electron chi connectivity index (χ4n) is 12.1. The van der Waals surface area contributed by atoms with Crippen molar-refractivity contribution in [3.8, 4) is 11.1 Å². The van der Waals surface area contributed by atoms with E-state index in [2.05, 4.69) is 261 Å². The van der Waals surface area contributed by atoms with Gasteiger partial charge in [0, 0.05) is 63.3 Å². The first-order valence-electron chi connectivity index (χ1n) is 26.5. The van der Waals surface area contributed by atoms with E-state index in [0.717, 1.165) is 61.6 Å². The molecule has 3 aliphatic rings. The summed E-state index contributed by atoms with van der Waals surface area (Å²) in [4.78, 5) is 9.69. The maximum absolute atomic E-state index is 7.34. The lowest BCUT2D eigenvalue weighted by molar-refractivity contribution is 0.590. The molecule has 1 spiro atoms. The van der Waals surface area contributed by atoms with Crippen LogP contribution in [0.2, 0.25) is 19.6 Å². The maximum atomic E-state index is 7.34. The van der Waals surface area contributed by atoms with Crippen LogP contribution in [0.4, 0.5) is 34.1 Å². The van der Waals surface area contributed by atoms with Crippen LogP contribution in [-0.2, 0) is 21.7 Å². The molecule has 0 N–H and O–H groups in total. The van der Waals surface area contributed by atoms with Crippen molar-refractivity contribution in [3.63, 3.8) is 0 Å². The molecule has 2 heterocycles. The third-order valence-corrected chi connectivity index (χ3v) is 18.2. The molecule has 0 aliphatic heterocycles. The van der Waals surface area contributed by atoms with E-state index in [1.807, 2.05) is 18.5 Å². The Kier molecular flexibility index (Phi) is 10.8. The van der Waals surface area contributed by atoms with Gasteiger partial charge in [0.15, 0.2) is 0 Å². The van der Waals surface area contributed by atoms with Crippen molar-refractivity contribution in [1.29, 1.82) is 0 Å². The number of aromatic nitrogens is 1. The molecule has 2 aromatic heterocycles. The van der Waals surface area contributed by atoms with Gasteiger partial charge in [0.2, 0.25) is 0 Å². The fourth-order valence-corrected chi connectivity index (χ4v) is 13.3. The molecular formula is C69H67N3OSi. The lowest BCUT2D eigenvalue weighted by Crippen LogP contribution is -2.37. The molecule has 2 atom stereocenters. The quantitative estimate of drug-likeness (QED) is 0.118. The van der Waals surface area contributed by atoms with Gasteiger partial charge in [0.25, 0.3) is 0 Å². The highest BCUT2D eigenvalue weighted by atomic mass is 28.3. The molecule has 2 unspecified atom stereocenters. The Hall–Kier alpha value is -7.43. The first-order valence-corrected chi connectivity index (χ1v) is 30.0. The van der Waals surface area contributed by atoms with Crippen molar-refractivity contribution >= 4 is 69.3 Å². The van der Waals surface area contributed by atoms with Crippen LogP contribution in [0.3, 0.4) is 0 Å². The Morgan fingerprint density at radius 3 is 1.68 bits per heavy atom. The van der Waals surface area contributed by atoms with E-state index >= 15 is 0 Å². The van der Waals surface area contributed by atoms with E-state index in [4.69, 9.17) is 9.40 Å². The summed E-state index contributed by atoms with van der Waals surface area (Å²) in [5, 5.41) is 3.46. The summed E-state index contributed by atoms with van der Waals surface area (Å²) in [5.74, 6) is 0.0406. The van der Waals surface area contributed by atoms with Crippen molar-refractivity contribution in [1.82, 2.24) is 4.98 Å². The monoisotopic (exact) mass is 982 g/mol. The molecule has 5 heteroatoms. The van der Waals surface area contributed by atoms with E-state index in [0.29, 0.717) is 0 Å². The van der Waals surface area contributed by atoms with Crippen LogP contribution < -0.4 is 15.0 Å². The summed E-state index contributed by atoms with van der Waals surface area (Å²) in [5.41, 5.74) is 23.9. The Morgan fingerprint density at radius 2 is 1.11 bits per heavy atom. The van der Waals surface area contributed by atoms with E-state index in [1.54, 1.807) is 0 Å². The number of nitrogens with zero attached hydrogens (tertiary/aromatic N) is 3. The smallest absolute Gasteiger partial charge is 0.145 e. The fraction of sp³-hybridized carbons (Fsp3) is 0.246. The Balaban J connectivity index is 1.18. The second-order valence-corrected chi connectivity index (χ2v) is 30.1. The number of anilines is 6. The van der Waals surface area contributed by atoms with Crippen molar-refractivity contribution < 1.29 is 4.42 Å². The molecule has 12 rings (SSSR count). The average Bonchev–Trinajstić information content (AvgIpc) is 4.03. The molecule has 7 aromatic carbocycles. The molecule has 0 saturated carbocycles. The van der Waals surface area contributed by atoms with E-state index < -0.39 is 13.5 Å². The Bertz CT molecular complexity index is 3670. The van der Waals surface area contributed by atoms with E-state index in [1.165, 1.54) is 55.3 Å². The van der Waals surface area contributed by atoms with Gasteiger partial charge in [-0.3, -0.25) is 4.98 Å². The van der Waals surface area contributed by atoms with E-state index in [-0.39, 0.29) is 22.2 Å². The van der Waals surface area contributed by atoms with Crippen molar-refractivity contribution in [2.75, 3.05) is 9.80 Å². The Morgan fingerprint density at radius 1 is 0.568 bits per heavy atom. The highest BCUT2D eigenvalue weighted by Gasteiger charge is 2.56. The minimum Gasteiger partial charge on any atom is -0.455 e. The summed E-state index contributed by atoms with van der Waals surface area (Å²) in [6, 6.07) is 57.9. The minimum atomic E-state index is -1.57. The number of hydrogen-bond acceptors (Lipinski definition) is 4. The summed E-state index contributed by atoms with van der Waals surface area (Å²) in [7, 11) is -1.57. The van der Waals surface area contributed by atoms with Gasteiger partial charge in [0.05, 0.1) is 24.6 Å². The molecule has 9 aromatic rings. The van der Waals surface area contributed by atoms with Gasteiger partial charge in [-0.05, 0) is 140 Å². The van der Waals surface area contributed by atoms with E-state index in [9.17, 15) is 0 Å². The molecule has 0 fully saturated rings. The molecule has 0 amide bonds. The number of allylic oxidation sites excluding steroid dienone is 3. The van der Waals surface area contributed by atoms with Crippen molar-refractivity contribution in [2.45, 2.75) is 110 Å². The first kappa shape index (κ1) is 47.6. The number of rotatable bonds is 7. The van der Waals surface area contributed by atoms with Gasteiger partial charge in [-0.15, -0.1) is 5.73 Å². The zero-order valence-electron chi connectivity index (χ0n) is 45.1. The average molecular weight is 982 g/mol. The van der Waals surface area contributed by atoms with Crippen molar-refractivity contribution in [3.05, 3.63) is 233 Å². The molecule has 0 saturated heterocycles. The number of pyridine rings is 1. The highest BCUT2D eigenvalue weighted by Crippen LogP contribution is 2.67. The molecule has 0 radical (unpaired) electrons. The predicted octanol–water partition coefficient (Wildman–Crippen LogP) is 18.4. The molecule has 74 heavy (non-hydrogen) atoms. The number of furan rings is 1. The van der Waals surface area contributed by atoms with Crippen LogP contribution >= 0.6 is 0 Å². The lowest BCUT2D eigenvalue weighted by atomic mass is 9.69. The number of hydrogen-bond donors (Lipinski definition) is 0. The van der Waals surface area contributed by atoms with Crippen LogP contribution in [0, 0.1) is 0 Å². The zero-order valence-corrected chi connectivity index (χ0v) is 46.1. The third kappa shape index (κ3) is 7.50. The van der Waals surface area contributed by atoms with Gasteiger partial charge in [0.1, 0.15) is 11.2 Å². The van der Waals surface area contributed by atoms with Crippen LogP contribution in [-0.4, -0.2) is 13.1 Å². The zero-order chi connectivity index (χ0) is 51.7. The first-order chi connectivity index (χ1) is 35.2. The van der Waals surface area contributed by atoms with Gasteiger partial charge < -0.3 is 14.2 Å². The third-order valence-electron chi connectivity index (χ3n) is 16.1. The number of benzene rings is 7. The molecule has 0 bridgehead atoms.